The second-order valence-corrected chi connectivity index (χ2v) is 7.30. The van der Waals surface area contributed by atoms with Crippen LogP contribution in [0.2, 0.25) is 0 Å². The molecule has 1 fully saturated rings. The second kappa shape index (κ2) is 6.63. The van der Waals surface area contributed by atoms with Gasteiger partial charge in [-0.2, -0.15) is 5.26 Å². The third kappa shape index (κ3) is 3.99. The number of hydrogen-bond acceptors (Lipinski definition) is 5. The van der Waals surface area contributed by atoms with Crippen molar-refractivity contribution in [3.8, 4) is 6.07 Å². The number of sulfonamides is 1. The van der Waals surface area contributed by atoms with Crippen molar-refractivity contribution in [3.63, 3.8) is 0 Å². The Hall–Kier alpha value is -1.01. The van der Waals surface area contributed by atoms with Crippen molar-refractivity contribution in [2.24, 2.45) is 0 Å². The highest BCUT2D eigenvalue weighted by molar-refractivity contribution is 9.10. The Morgan fingerprint density at radius 3 is 2.75 bits per heavy atom. The van der Waals surface area contributed by atoms with Gasteiger partial charge in [0, 0.05) is 36.0 Å². The van der Waals surface area contributed by atoms with E-state index in [0.29, 0.717) is 23.9 Å². The molecule has 0 amide bonds. The highest BCUT2D eigenvalue weighted by Crippen LogP contribution is 2.17. The van der Waals surface area contributed by atoms with Crippen LogP contribution in [0.15, 0.2) is 27.8 Å². The average molecular weight is 359 g/mol. The number of nitriles is 1. The third-order valence-corrected chi connectivity index (χ3v) is 5.11. The van der Waals surface area contributed by atoms with Crippen molar-refractivity contribution in [1.82, 2.24) is 14.6 Å². The van der Waals surface area contributed by atoms with Crippen LogP contribution in [0.5, 0.6) is 0 Å². The van der Waals surface area contributed by atoms with Gasteiger partial charge in [0.15, 0.2) is 0 Å². The van der Waals surface area contributed by atoms with E-state index in [-0.39, 0.29) is 10.9 Å². The summed E-state index contributed by atoms with van der Waals surface area (Å²) in [7, 11) is -3.54. The standard InChI is InChI=1S/C12H15BrN4O2S/c13-10-7-12(9-15-8-10)20(18,19)16-11-1-4-17(5-2-11)6-3-14/h7-9,11,16H,1-2,4-6H2. The molecular weight excluding hydrogens is 344 g/mol. The zero-order valence-corrected chi connectivity index (χ0v) is 13.2. The van der Waals surface area contributed by atoms with Gasteiger partial charge in [-0.05, 0) is 34.8 Å². The van der Waals surface area contributed by atoms with Gasteiger partial charge in [-0.25, -0.2) is 13.1 Å². The normalized spacial score (nSPS) is 17.8. The van der Waals surface area contributed by atoms with E-state index < -0.39 is 10.0 Å². The minimum absolute atomic E-state index is 0.0890. The molecule has 2 rings (SSSR count). The maximum Gasteiger partial charge on any atom is 0.242 e. The molecule has 0 atom stereocenters. The fourth-order valence-electron chi connectivity index (χ4n) is 2.14. The van der Waals surface area contributed by atoms with Crippen LogP contribution in [0.25, 0.3) is 0 Å². The third-order valence-electron chi connectivity index (χ3n) is 3.19. The van der Waals surface area contributed by atoms with Crippen LogP contribution < -0.4 is 4.72 Å². The number of nitrogens with one attached hydrogen (secondary N) is 1. The molecule has 1 aromatic heterocycles. The van der Waals surface area contributed by atoms with E-state index >= 15 is 0 Å². The summed E-state index contributed by atoms with van der Waals surface area (Å²) in [4.78, 5) is 6.05. The Morgan fingerprint density at radius 2 is 2.15 bits per heavy atom. The maximum atomic E-state index is 12.2. The molecule has 0 aliphatic carbocycles. The lowest BCUT2D eigenvalue weighted by Crippen LogP contribution is -2.44. The quantitative estimate of drug-likeness (QED) is 0.814. The Labute approximate surface area is 127 Å². The average Bonchev–Trinajstić information content (AvgIpc) is 2.41. The molecule has 0 spiro atoms. The molecule has 20 heavy (non-hydrogen) atoms. The van der Waals surface area contributed by atoms with Crippen LogP contribution in [-0.4, -0.2) is 44.0 Å². The number of nitrogens with zero attached hydrogens (tertiary/aromatic N) is 3. The predicted octanol–water partition coefficient (Wildman–Crippen LogP) is 1.11. The maximum absolute atomic E-state index is 12.2. The van der Waals surface area contributed by atoms with E-state index in [1.54, 1.807) is 6.20 Å². The number of likely N-dealkylation sites (tertiary alicyclic amines) is 1. The summed E-state index contributed by atoms with van der Waals surface area (Å²) in [5.41, 5.74) is 0. The SMILES string of the molecule is N#CCN1CCC(NS(=O)(=O)c2cncc(Br)c2)CC1. The number of piperidine rings is 1. The van der Waals surface area contributed by atoms with Crippen LogP contribution in [-0.2, 0) is 10.0 Å². The number of hydrogen-bond donors (Lipinski definition) is 1. The zero-order valence-electron chi connectivity index (χ0n) is 10.8. The molecule has 1 aliphatic heterocycles. The van der Waals surface area contributed by atoms with Gasteiger partial charge in [0.1, 0.15) is 4.90 Å². The van der Waals surface area contributed by atoms with Crippen molar-refractivity contribution < 1.29 is 8.42 Å². The van der Waals surface area contributed by atoms with E-state index in [9.17, 15) is 8.42 Å². The van der Waals surface area contributed by atoms with E-state index in [1.165, 1.54) is 12.3 Å². The summed E-state index contributed by atoms with van der Waals surface area (Å²) in [5, 5.41) is 8.63. The second-order valence-electron chi connectivity index (χ2n) is 4.67. The van der Waals surface area contributed by atoms with Crippen LogP contribution >= 0.6 is 15.9 Å². The highest BCUT2D eigenvalue weighted by atomic mass is 79.9. The molecule has 0 unspecified atom stereocenters. The first-order valence-electron chi connectivity index (χ1n) is 6.23. The van der Waals surface area contributed by atoms with Gasteiger partial charge in [-0.15, -0.1) is 0 Å². The minimum Gasteiger partial charge on any atom is -0.290 e. The van der Waals surface area contributed by atoms with Gasteiger partial charge in [-0.3, -0.25) is 9.88 Å². The highest BCUT2D eigenvalue weighted by Gasteiger charge is 2.24. The fraction of sp³-hybridized carbons (Fsp3) is 0.500. The van der Waals surface area contributed by atoms with E-state index in [0.717, 1.165) is 13.1 Å². The van der Waals surface area contributed by atoms with E-state index in [1.807, 2.05) is 4.90 Å². The molecule has 2 heterocycles. The summed E-state index contributed by atoms with van der Waals surface area (Å²) in [6.45, 7) is 1.87. The Bertz CT molecular complexity index is 606. The lowest BCUT2D eigenvalue weighted by atomic mass is 10.1. The molecular formula is C12H15BrN4O2S. The van der Waals surface area contributed by atoms with Gasteiger partial charge in [-0.1, -0.05) is 0 Å². The first-order chi connectivity index (χ1) is 9.51. The van der Waals surface area contributed by atoms with Gasteiger partial charge in [0.05, 0.1) is 12.6 Å². The van der Waals surface area contributed by atoms with Crippen LogP contribution in [0.3, 0.4) is 0 Å². The molecule has 6 nitrogen and oxygen atoms in total. The topological polar surface area (TPSA) is 86.1 Å². The van der Waals surface area contributed by atoms with Gasteiger partial charge in [0.2, 0.25) is 10.0 Å². The fourth-order valence-corrected chi connectivity index (χ4v) is 3.94. The van der Waals surface area contributed by atoms with Crippen molar-refractivity contribution in [1.29, 1.82) is 5.26 Å². The molecule has 1 N–H and O–H groups in total. The summed E-state index contributed by atoms with van der Waals surface area (Å²) in [6.07, 6.45) is 4.29. The molecule has 0 aromatic carbocycles. The molecule has 108 valence electrons. The Kier molecular flexibility index (Phi) is 5.10. The van der Waals surface area contributed by atoms with Crippen LogP contribution in [0, 0.1) is 11.3 Å². The van der Waals surface area contributed by atoms with Crippen molar-refractivity contribution in [3.05, 3.63) is 22.9 Å². The summed E-state index contributed by atoms with van der Waals surface area (Å²) in [6, 6.07) is 3.55. The first-order valence-corrected chi connectivity index (χ1v) is 8.51. The molecule has 0 bridgehead atoms. The largest absolute Gasteiger partial charge is 0.290 e. The monoisotopic (exact) mass is 358 g/mol. The number of aromatic nitrogens is 1. The van der Waals surface area contributed by atoms with Gasteiger partial charge >= 0.3 is 0 Å². The molecule has 8 heteroatoms. The number of rotatable bonds is 4. The lowest BCUT2D eigenvalue weighted by molar-refractivity contribution is 0.229. The Morgan fingerprint density at radius 1 is 1.45 bits per heavy atom. The number of halogens is 1. The molecule has 1 aromatic rings. The molecule has 1 aliphatic rings. The van der Waals surface area contributed by atoms with Gasteiger partial charge in [0.25, 0.3) is 0 Å². The van der Waals surface area contributed by atoms with E-state index in [2.05, 4.69) is 31.7 Å². The minimum atomic E-state index is -3.54. The van der Waals surface area contributed by atoms with Crippen LogP contribution in [0.4, 0.5) is 0 Å². The van der Waals surface area contributed by atoms with E-state index in [4.69, 9.17) is 5.26 Å². The van der Waals surface area contributed by atoms with Crippen molar-refractivity contribution >= 4 is 26.0 Å². The first kappa shape index (κ1) is 15.4. The van der Waals surface area contributed by atoms with Crippen LogP contribution in [0.1, 0.15) is 12.8 Å². The summed E-state index contributed by atoms with van der Waals surface area (Å²) >= 11 is 3.21. The molecule has 0 radical (unpaired) electrons. The van der Waals surface area contributed by atoms with Crippen molar-refractivity contribution in [2.45, 2.75) is 23.8 Å². The van der Waals surface area contributed by atoms with Crippen molar-refractivity contribution in [2.75, 3.05) is 19.6 Å². The summed E-state index contributed by atoms with van der Waals surface area (Å²) < 4.78 is 27.8. The zero-order chi connectivity index (χ0) is 14.6. The summed E-state index contributed by atoms with van der Waals surface area (Å²) in [5.74, 6) is 0. The molecule has 1 saturated heterocycles. The van der Waals surface area contributed by atoms with Gasteiger partial charge < -0.3 is 0 Å². The lowest BCUT2D eigenvalue weighted by Gasteiger charge is -2.30. The molecule has 0 saturated carbocycles. The smallest absolute Gasteiger partial charge is 0.242 e. The number of pyridine rings is 1. The Balaban J connectivity index is 1.98. The predicted molar refractivity (Wildman–Crippen MR) is 77.3 cm³/mol.